The van der Waals surface area contributed by atoms with Crippen LogP contribution in [0.5, 0.6) is 0 Å². The third kappa shape index (κ3) is 2.90. The molecule has 3 N–H and O–H groups in total. The van der Waals surface area contributed by atoms with Crippen LogP contribution in [0.3, 0.4) is 0 Å². The van der Waals surface area contributed by atoms with Crippen molar-refractivity contribution in [2.75, 3.05) is 0 Å². The largest absolute Gasteiger partial charge is 0.271 e. The quantitative estimate of drug-likeness (QED) is 0.572. The first kappa shape index (κ1) is 14.0. The molecule has 0 bridgehead atoms. The second-order valence-electron chi connectivity index (χ2n) is 5.06. The summed E-state index contributed by atoms with van der Waals surface area (Å²) >= 11 is 6.07. The van der Waals surface area contributed by atoms with Gasteiger partial charge in [0.2, 0.25) is 0 Å². The molecule has 3 rings (SSSR count). The summed E-state index contributed by atoms with van der Waals surface area (Å²) < 4.78 is 0. The minimum atomic E-state index is -0.102. The number of benzene rings is 2. The van der Waals surface area contributed by atoms with Crippen LogP contribution in [-0.4, -0.2) is 4.98 Å². The first-order valence-corrected chi connectivity index (χ1v) is 7.14. The number of nitrogens with two attached hydrogens (primary N) is 1. The van der Waals surface area contributed by atoms with E-state index in [9.17, 15) is 0 Å². The zero-order valence-corrected chi connectivity index (χ0v) is 12.4. The van der Waals surface area contributed by atoms with Gasteiger partial charge in [0, 0.05) is 16.1 Å². The third-order valence-corrected chi connectivity index (χ3v) is 3.77. The Morgan fingerprint density at radius 1 is 1.05 bits per heavy atom. The van der Waals surface area contributed by atoms with Gasteiger partial charge in [-0.3, -0.25) is 10.8 Å². The van der Waals surface area contributed by atoms with Gasteiger partial charge >= 0.3 is 0 Å². The highest BCUT2D eigenvalue weighted by atomic mass is 35.5. The van der Waals surface area contributed by atoms with E-state index in [0.29, 0.717) is 5.02 Å². The maximum atomic E-state index is 6.07. The summed E-state index contributed by atoms with van der Waals surface area (Å²) in [5.74, 6) is 5.75. The average molecular weight is 298 g/mol. The molecule has 1 heterocycles. The molecule has 0 aliphatic rings. The molecule has 4 heteroatoms. The summed E-state index contributed by atoms with van der Waals surface area (Å²) in [6, 6.07) is 17.9. The van der Waals surface area contributed by atoms with Crippen LogP contribution < -0.4 is 11.3 Å². The summed E-state index contributed by atoms with van der Waals surface area (Å²) in [6.07, 6.45) is 0. The highest BCUT2D eigenvalue weighted by Crippen LogP contribution is 2.26. The number of halogens is 1. The number of fused-ring (bicyclic) bond motifs is 1. The molecule has 0 saturated carbocycles. The normalized spacial score (nSPS) is 12.5. The lowest BCUT2D eigenvalue weighted by Gasteiger charge is -2.17. The Morgan fingerprint density at radius 2 is 1.86 bits per heavy atom. The summed E-state index contributed by atoms with van der Waals surface area (Å²) in [5, 5.41) is 1.80. The maximum absolute atomic E-state index is 6.07. The van der Waals surface area contributed by atoms with Crippen LogP contribution in [0.4, 0.5) is 0 Å². The highest BCUT2D eigenvalue weighted by molar-refractivity contribution is 6.30. The van der Waals surface area contributed by atoms with Crippen LogP contribution in [0.1, 0.15) is 22.9 Å². The SMILES string of the molecule is Cc1ccc2cc(C(NN)c3cccc(Cl)c3)ccc2n1. The average Bonchev–Trinajstić information content (AvgIpc) is 2.48. The van der Waals surface area contributed by atoms with Crippen molar-refractivity contribution in [3.63, 3.8) is 0 Å². The molecule has 3 nitrogen and oxygen atoms in total. The molecular formula is C17H16ClN3. The van der Waals surface area contributed by atoms with Crippen molar-refractivity contribution in [3.8, 4) is 0 Å². The van der Waals surface area contributed by atoms with Crippen molar-refractivity contribution < 1.29 is 0 Å². The lowest BCUT2D eigenvalue weighted by molar-refractivity contribution is 0.637. The van der Waals surface area contributed by atoms with E-state index in [1.165, 1.54) is 0 Å². The van der Waals surface area contributed by atoms with E-state index in [2.05, 4.69) is 22.5 Å². The zero-order chi connectivity index (χ0) is 14.8. The summed E-state index contributed by atoms with van der Waals surface area (Å²) in [6.45, 7) is 1.99. The van der Waals surface area contributed by atoms with Gasteiger partial charge in [-0.25, -0.2) is 5.43 Å². The molecule has 1 aromatic heterocycles. The minimum absolute atomic E-state index is 0.102. The Kier molecular flexibility index (Phi) is 3.88. The number of nitrogens with zero attached hydrogens (tertiary/aromatic N) is 1. The smallest absolute Gasteiger partial charge is 0.0710 e. The fourth-order valence-corrected chi connectivity index (χ4v) is 2.70. The van der Waals surface area contributed by atoms with Crippen LogP contribution in [0.25, 0.3) is 10.9 Å². The second-order valence-corrected chi connectivity index (χ2v) is 5.50. The van der Waals surface area contributed by atoms with E-state index in [1.807, 2.05) is 49.4 Å². The van der Waals surface area contributed by atoms with Gasteiger partial charge < -0.3 is 0 Å². The molecular weight excluding hydrogens is 282 g/mol. The Balaban J connectivity index is 2.06. The highest BCUT2D eigenvalue weighted by Gasteiger charge is 2.13. The predicted molar refractivity (Wildman–Crippen MR) is 87.1 cm³/mol. The molecule has 21 heavy (non-hydrogen) atoms. The van der Waals surface area contributed by atoms with Crippen LogP contribution in [0, 0.1) is 6.92 Å². The summed E-state index contributed by atoms with van der Waals surface area (Å²) in [5.41, 5.74) is 6.97. The summed E-state index contributed by atoms with van der Waals surface area (Å²) in [4.78, 5) is 4.52. The number of nitrogens with one attached hydrogen (secondary N) is 1. The molecule has 0 fully saturated rings. The lowest BCUT2D eigenvalue weighted by Crippen LogP contribution is -2.28. The van der Waals surface area contributed by atoms with Crippen molar-refractivity contribution in [1.82, 2.24) is 10.4 Å². The fourth-order valence-electron chi connectivity index (χ4n) is 2.50. The Morgan fingerprint density at radius 3 is 2.62 bits per heavy atom. The van der Waals surface area contributed by atoms with Gasteiger partial charge in [-0.1, -0.05) is 35.9 Å². The zero-order valence-electron chi connectivity index (χ0n) is 11.7. The van der Waals surface area contributed by atoms with Crippen molar-refractivity contribution in [2.45, 2.75) is 13.0 Å². The molecule has 1 atom stereocenters. The maximum Gasteiger partial charge on any atom is 0.0710 e. The number of aryl methyl sites for hydroxylation is 1. The van der Waals surface area contributed by atoms with Gasteiger partial charge in [-0.2, -0.15) is 0 Å². The van der Waals surface area contributed by atoms with E-state index in [-0.39, 0.29) is 6.04 Å². The Labute approximate surface area is 128 Å². The topological polar surface area (TPSA) is 50.9 Å². The van der Waals surface area contributed by atoms with Crippen molar-refractivity contribution in [2.24, 2.45) is 5.84 Å². The molecule has 106 valence electrons. The predicted octanol–water partition coefficient (Wildman–Crippen LogP) is 3.75. The number of aromatic nitrogens is 1. The van der Waals surface area contributed by atoms with Crippen molar-refractivity contribution in [3.05, 3.63) is 76.4 Å². The lowest BCUT2D eigenvalue weighted by atomic mass is 9.98. The van der Waals surface area contributed by atoms with E-state index in [4.69, 9.17) is 17.4 Å². The molecule has 0 amide bonds. The van der Waals surface area contributed by atoms with E-state index in [1.54, 1.807) is 0 Å². The van der Waals surface area contributed by atoms with Crippen LogP contribution >= 0.6 is 11.6 Å². The molecule has 0 spiro atoms. The van der Waals surface area contributed by atoms with Crippen molar-refractivity contribution in [1.29, 1.82) is 0 Å². The molecule has 2 aromatic carbocycles. The standard InChI is InChI=1S/C17H16ClN3/c1-11-5-6-12-9-14(7-8-16(12)20-11)17(21-19)13-3-2-4-15(18)10-13/h2-10,17,21H,19H2,1H3. The van der Waals surface area contributed by atoms with Crippen molar-refractivity contribution >= 4 is 22.5 Å². The number of hydrogen-bond donors (Lipinski definition) is 2. The monoisotopic (exact) mass is 297 g/mol. The van der Waals surface area contributed by atoms with Gasteiger partial charge in [0.15, 0.2) is 0 Å². The summed E-state index contributed by atoms with van der Waals surface area (Å²) in [7, 11) is 0. The van der Waals surface area contributed by atoms with E-state index < -0.39 is 0 Å². The van der Waals surface area contributed by atoms with Gasteiger partial charge in [0.1, 0.15) is 0 Å². The first-order chi connectivity index (χ1) is 10.2. The van der Waals surface area contributed by atoms with E-state index >= 15 is 0 Å². The number of rotatable bonds is 3. The van der Waals surface area contributed by atoms with E-state index in [0.717, 1.165) is 27.7 Å². The third-order valence-electron chi connectivity index (χ3n) is 3.53. The van der Waals surface area contributed by atoms with Gasteiger partial charge in [0.25, 0.3) is 0 Å². The first-order valence-electron chi connectivity index (χ1n) is 6.76. The van der Waals surface area contributed by atoms with Gasteiger partial charge in [-0.05, 0) is 48.4 Å². The van der Waals surface area contributed by atoms with Crippen LogP contribution in [0.2, 0.25) is 5.02 Å². The molecule has 0 radical (unpaired) electrons. The number of pyridine rings is 1. The Bertz CT molecular complexity index is 786. The number of hydrogen-bond acceptors (Lipinski definition) is 3. The van der Waals surface area contributed by atoms with Gasteiger partial charge in [0.05, 0.1) is 11.6 Å². The molecule has 0 aliphatic carbocycles. The molecule has 0 saturated heterocycles. The molecule has 1 unspecified atom stereocenters. The van der Waals surface area contributed by atoms with Crippen LogP contribution in [-0.2, 0) is 0 Å². The molecule has 3 aromatic rings. The van der Waals surface area contributed by atoms with Gasteiger partial charge in [-0.15, -0.1) is 0 Å². The fraction of sp³-hybridized carbons (Fsp3) is 0.118. The Hall–Kier alpha value is -1.94. The number of hydrazine groups is 1. The second kappa shape index (κ2) is 5.82. The molecule has 0 aliphatic heterocycles. The minimum Gasteiger partial charge on any atom is -0.271 e. The van der Waals surface area contributed by atoms with Crippen LogP contribution in [0.15, 0.2) is 54.6 Å².